The molecule has 1 fully saturated rings. The standard InChI is InChI=1S/C12H22N2O3S/c1-9(4-5-18-3)13(2)12(17)14-7-10(8-14)6-11(15)16/h9-10H,4-8H2,1-3H3,(H,15,16). The first kappa shape index (κ1) is 15.1. The van der Waals surface area contributed by atoms with E-state index in [-0.39, 0.29) is 24.4 Å². The molecule has 104 valence electrons. The molecule has 1 aliphatic rings. The van der Waals surface area contributed by atoms with Crippen molar-refractivity contribution in [2.24, 2.45) is 5.92 Å². The lowest BCUT2D eigenvalue weighted by molar-refractivity contribution is -0.139. The van der Waals surface area contributed by atoms with Crippen molar-refractivity contribution in [3.63, 3.8) is 0 Å². The van der Waals surface area contributed by atoms with Crippen LogP contribution in [0.25, 0.3) is 0 Å². The molecule has 1 rings (SSSR count). The number of nitrogens with zero attached hydrogens (tertiary/aromatic N) is 2. The van der Waals surface area contributed by atoms with E-state index in [0.29, 0.717) is 13.1 Å². The van der Waals surface area contributed by atoms with Crippen LogP contribution in [0.2, 0.25) is 0 Å². The molecule has 1 saturated heterocycles. The van der Waals surface area contributed by atoms with E-state index in [4.69, 9.17) is 5.11 Å². The van der Waals surface area contributed by atoms with Crippen molar-refractivity contribution in [1.29, 1.82) is 0 Å². The fourth-order valence-electron chi connectivity index (χ4n) is 2.00. The number of carboxylic acid groups (broad SMARTS) is 1. The van der Waals surface area contributed by atoms with E-state index in [2.05, 4.69) is 6.26 Å². The maximum Gasteiger partial charge on any atom is 0.320 e. The van der Waals surface area contributed by atoms with Gasteiger partial charge in [-0.3, -0.25) is 4.79 Å². The second-order valence-corrected chi connectivity index (χ2v) is 5.88. The Kier molecular flexibility index (Phi) is 5.78. The van der Waals surface area contributed by atoms with Gasteiger partial charge in [-0.25, -0.2) is 4.79 Å². The minimum Gasteiger partial charge on any atom is -0.481 e. The summed E-state index contributed by atoms with van der Waals surface area (Å²) in [4.78, 5) is 26.1. The number of urea groups is 1. The predicted octanol–water partition coefficient (Wildman–Crippen LogP) is 1.59. The SMILES string of the molecule is CSCCC(C)N(C)C(=O)N1CC(CC(=O)O)C1. The van der Waals surface area contributed by atoms with Crippen molar-refractivity contribution in [3.8, 4) is 0 Å². The van der Waals surface area contributed by atoms with Gasteiger partial charge in [0.05, 0.1) is 6.42 Å². The summed E-state index contributed by atoms with van der Waals surface area (Å²) in [6.45, 7) is 3.19. The third-order valence-corrected chi connectivity index (χ3v) is 4.04. The van der Waals surface area contributed by atoms with Gasteiger partial charge in [-0.05, 0) is 25.4 Å². The molecule has 1 N–H and O–H groups in total. The van der Waals surface area contributed by atoms with E-state index in [0.717, 1.165) is 12.2 Å². The summed E-state index contributed by atoms with van der Waals surface area (Å²) in [5.74, 6) is 0.385. The van der Waals surface area contributed by atoms with E-state index >= 15 is 0 Å². The van der Waals surface area contributed by atoms with E-state index in [1.54, 1.807) is 21.6 Å². The van der Waals surface area contributed by atoms with Gasteiger partial charge in [0.25, 0.3) is 0 Å². The topological polar surface area (TPSA) is 60.9 Å². The predicted molar refractivity (Wildman–Crippen MR) is 72.9 cm³/mol. The van der Waals surface area contributed by atoms with Crippen molar-refractivity contribution in [3.05, 3.63) is 0 Å². The molecular weight excluding hydrogens is 252 g/mol. The first-order chi connectivity index (χ1) is 8.45. The van der Waals surface area contributed by atoms with E-state index in [1.807, 2.05) is 14.0 Å². The van der Waals surface area contributed by atoms with Crippen LogP contribution in [0.3, 0.4) is 0 Å². The van der Waals surface area contributed by atoms with Gasteiger partial charge in [-0.2, -0.15) is 11.8 Å². The molecule has 0 aromatic carbocycles. The molecule has 1 unspecified atom stereocenters. The molecule has 1 aliphatic heterocycles. The highest BCUT2D eigenvalue weighted by atomic mass is 32.2. The summed E-state index contributed by atoms with van der Waals surface area (Å²) in [6.07, 6.45) is 3.20. The largest absolute Gasteiger partial charge is 0.481 e. The molecule has 18 heavy (non-hydrogen) atoms. The van der Waals surface area contributed by atoms with Gasteiger partial charge in [-0.1, -0.05) is 0 Å². The van der Waals surface area contributed by atoms with E-state index in [9.17, 15) is 9.59 Å². The zero-order valence-corrected chi connectivity index (χ0v) is 12.1. The summed E-state index contributed by atoms with van der Waals surface area (Å²) in [6, 6.07) is 0.244. The molecule has 0 saturated carbocycles. The van der Waals surface area contributed by atoms with Crippen molar-refractivity contribution in [2.45, 2.75) is 25.8 Å². The van der Waals surface area contributed by atoms with Gasteiger partial charge >= 0.3 is 12.0 Å². The van der Waals surface area contributed by atoms with Gasteiger partial charge in [0.2, 0.25) is 0 Å². The minimum atomic E-state index is -0.784. The summed E-state index contributed by atoms with van der Waals surface area (Å²) in [7, 11) is 1.82. The normalized spacial score (nSPS) is 17.2. The first-order valence-corrected chi connectivity index (χ1v) is 7.57. The maximum atomic E-state index is 12.1. The van der Waals surface area contributed by atoms with Crippen LogP contribution in [0, 0.1) is 5.92 Å². The second-order valence-electron chi connectivity index (χ2n) is 4.89. The Bertz CT molecular complexity index is 306. The zero-order chi connectivity index (χ0) is 13.7. The van der Waals surface area contributed by atoms with Gasteiger partial charge in [0.1, 0.15) is 0 Å². The molecule has 5 nitrogen and oxygen atoms in total. The van der Waals surface area contributed by atoms with Crippen molar-refractivity contribution >= 4 is 23.8 Å². The van der Waals surface area contributed by atoms with E-state index in [1.165, 1.54) is 0 Å². The molecular formula is C12H22N2O3S. The molecule has 1 atom stereocenters. The Balaban J connectivity index is 2.31. The molecule has 0 spiro atoms. The third kappa shape index (κ3) is 4.08. The maximum absolute atomic E-state index is 12.1. The molecule has 0 aliphatic carbocycles. The second kappa shape index (κ2) is 6.87. The third-order valence-electron chi connectivity index (χ3n) is 3.39. The number of amides is 2. The van der Waals surface area contributed by atoms with Crippen molar-refractivity contribution in [1.82, 2.24) is 9.80 Å². The number of aliphatic carboxylic acids is 1. The van der Waals surface area contributed by atoms with Gasteiger partial charge in [-0.15, -0.1) is 0 Å². The summed E-state index contributed by atoms with van der Waals surface area (Å²) in [5, 5.41) is 8.65. The number of likely N-dealkylation sites (tertiary alicyclic amines) is 1. The number of hydrogen-bond acceptors (Lipinski definition) is 3. The number of carbonyl (C=O) groups excluding carboxylic acids is 1. The molecule has 2 amide bonds. The Morgan fingerprint density at radius 2 is 2.11 bits per heavy atom. The smallest absolute Gasteiger partial charge is 0.320 e. The lowest BCUT2D eigenvalue weighted by Gasteiger charge is -2.42. The number of carbonyl (C=O) groups is 2. The van der Waals surface area contributed by atoms with Crippen molar-refractivity contribution in [2.75, 3.05) is 32.1 Å². The highest BCUT2D eigenvalue weighted by Gasteiger charge is 2.34. The van der Waals surface area contributed by atoms with Crippen LogP contribution in [0.15, 0.2) is 0 Å². The van der Waals surface area contributed by atoms with Gasteiger partial charge in [0, 0.05) is 32.1 Å². The lowest BCUT2D eigenvalue weighted by Crippen LogP contribution is -2.56. The molecule has 0 bridgehead atoms. The van der Waals surface area contributed by atoms with Crippen LogP contribution >= 0.6 is 11.8 Å². The number of carboxylic acids is 1. The Hall–Kier alpha value is -0.910. The van der Waals surface area contributed by atoms with Crippen LogP contribution in [0.5, 0.6) is 0 Å². The van der Waals surface area contributed by atoms with Crippen LogP contribution in [0.4, 0.5) is 4.79 Å². The molecule has 1 heterocycles. The molecule has 6 heteroatoms. The highest BCUT2D eigenvalue weighted by molar-refractivity contribution is 7.98. The zero-order valence-electron chi connectivity index (χ0n) is 11.3. The van der Waals surface area contributed by atoms with Gasteiger partial charge < -0.3 is 14.9 Å². The van der Waals surface area contributed by atoms with Crippen LogP contribution in [-0.4, -0.2) is 65.1 Å². The average molecular weight is 274 g/mol. The molecule has 0 aromatic rings. The quantitative estimate of drug-likeness (QED) is 0.799. The fourth-order valence-corrected chi connectivity index (χ4v) is 2.57. The molecule has 0 radical (unpaired) electrons. The summed E-state index contributed by atoms with van der Waals surface area (Å²) >= 11 is 1.78. The fraction of sp³-hybridized carbons (Fsp3) is 0.833. The Morgan fingerprint density at radius 3 is 2.61 bits per heavy atom. The lowest BCUT2D eigenvalue weighted by atomic mass is 9.97. The van der Waals surface area contributed by atoms with Crippen LogP contribution in [0.1, 0.15) is 19.8 Å². The van der Waals surface area contributed by atoms with Gasteiger partial charge in [0.15, 0.2) is 0 Å². The minimum absolute atomic E-state index is 0.0187. The monoisotopic (exact) mass is 274 g/mol. The number of thioether (sulfide) groups is 1. The van der Waals surface area contributed by atoms with Crippen molar-refractivity contribution < 1.29 is 14.7 Å². The first-order valence-electron chi connectivity index (χ1n) is 6.18. The average Bonchev–Trinajstić information content (AvgIpc) is 2.28. The summed E-state index contributed by atoms with van der Waals surface area (Å²) in [5.41, 5.74) is 0. The Morgan fingerprint density at radius 1 is 1.50 bits per heavy atom. The Labute approximate surface area is 113 Å². The van der Waals surface area contributed by atoms with Crippen LogP contribution < -0.4 is 0 Å². The number of rotatable bonds is 6. The summed E-state index contributed by atoms with van der Waals surface area (Å²) < 4.78 is 0. The van der Waals surface area contributed by atoms with E-state index < -0.39 is 5.97 Å². The van der Waals surface area contributed by atoms with Crippen LogP contribution in [-0.2, 0) is 4.79 Å². The molecule has 0 aromatic heterocycles. The highest BCUT2D eigenvalue weighted by Crippen LogP contribution is 2.21. The number of hydrogen-bond donors (Lipinski definition) is 1.